The molecule has 11 nitrogen and oxygen atoms in total. The molecule has 11 heteroatoms. The van der Waals surface area contributed by atoms with Crippen LogP contribution in [0.1, 0.15) is 80.6 Å². The Morgan fingerprint density at radius 2 is 1.12 bits per heavy atom. The van der Waals surface area contributed by atoms with Crippen molar-refractivity contribution in [1.82, 2.24) is 29.5 Å². The molecule has 0 saturated carbocycles. The van der Waals surface area contributed by atoms with Crippen LogP contribution in [0.2, 0.25) is 0 Å². The maximum absolute atomic E-state index is 11.4. The highest BCUT2D eigenvalue weighted by molar-refractivity contribution is 5.95. The van der Waals surface area contributed by atoms with Crippen molar-refractivity contribution in [2.24, 2.45) is 10.8 Å². The molecular weight excluding hydrogens is 536 g/mol. The van der Waals surface area contributed by atoms with Crippen LogP contribution >= 0.6 is 0 Å². The Labute approximate surface area is 246 Å². The molecule has 0 aliphatic rings. The van der Waals surface area contributed by atoms with E-state index in [1.165, 1.54) is 13.0 Å². The fourth-order valence-electron chi connectivity index (χ4n) is 3.55. The minimum absolute atomic E-state index is 0.0150. The number of pyridine rings is 2. The molecule has 0 fully saturated rings. The number of carboxylic acid groups (broad SMARTS) is 1. The zero-order valence-corrected chi connectivity index (χ0v) is 25.8. The van der Waals surface area contributed by atoms with E-state index in [0.29, 0.717) is 53.6 Å². The van der Waals surface area contributed by atoms with Crippen molar-refractivity contribution in [3.63, 3.8) is 0 Å². The first kappa shape index (κ1) is 32.0. The van der Waals surface area contributed by atoms with Crippen LogP contribution in [0.5, 0.6) is 11.8 Å². The van der Waals surface area contributed by atoms with E-state index >= 15 is 0 Å². The molecule has 1 N–H and O–H groups in total. The Balaban J connectivity index is 0.000000230. The lowest BCUT2D eigenvalue weighted by atomic mass is 9.99. The Hall–Kier alpha value is -4.54. The van der Waals surface area contributed by atoms with Gasteiger partial charge in [0.2, 0.25) is 11.8 Å². The Bertz CT molecular complexity index is 1430. The first-order valence-corrected chi connectivity index (χ1v) is 13.6. The summed E-state index contributed by atoms with van der Waals surface area (Å²) in [6.45, 7) is 18.7. The van der Waals surface area contributed by atoms with Gasteiger partial charge in [-0.3, -0.25) is 4.79 Å². The molecule has 0 unspecified atom stereocenters. The highest BCUT2D eigenvalue weighted by atomic mass is 16.5. The lowest BCUT2D eigenvalue weighted by molar-refractivity contribution is 0.0695. The standard InChI is InChI=1S/C16H21N3O2.C15H19N3O3/c1-11-13(12(2)20)6-7-14(17-11)19-9-8-15(18-19)21-10-16(3,4)5;1-10-11(14(19)20)5-6-12(16-10)18-8-7-13(17-18)21-9-15(2,3)4/h6-9H,10H2,1-5H3;5-8H,9H2,1-4H3,(H,19,20). The van der Waals surface area contributed by atoms with Gasteiger partial charge in [-0.25, -0.2) is 24.1 Å². The van der Waals surface area contributed by atoms with E-state index < -0.39 is 5.97 Å². The second-order valence-corrected chi connectivity index (χ2v) is 12.4. The predicted octanol–water partition coefficient (Wildman–Crippen LogP) is 5.90. The van der Waals surface area contributed by atoms with Crippen LogP contribution in [0.3, 0.4) is 0 Å². The molecule has 4 aromatic rings. The quantitative estimate of drug-likeness (QED) is 0.254. The number of carbonyl (C=O) groups excluding carboxylic acids is 1. The third-order valence-electron chi connectivity index (χ3n) is 5.66. The van der Waals surface area contributed by atoms with Crippen molar-refractivity contribution in [3.05, 3.63) is 71.3 Å². The van der Waals surface area contributed by atoms with Crippen molar-refractivity contribution in [1.29, 1.82) is 0 Å². The summed E-state index contributed by atoms with van der Waals surface area (Å²) in [5, 5.41) is 17.6. The number of aryl methyl sites for hydroxylation is 2. The molecule has 4 rings (SSSR count). The van der Waals surface area contributed by atoms with Gasteiger partial charge in [0.25, 0.3) is 0 Å². The summed E-state index contributed by atoms with van der Waals surface area (Å²) >= 11 is 0. The number of carboxylic acids is 1. The van der Waals surface area contributed by atoms with Gasteiger partial charge in [0, 0.05) is 30.1 Å². The van der Waals surface area contributed by atoms with Gasteiger partial charge >= 0.3 is 5.97 Å². The van der Waals surface area contributed by atoms with Gasteiger partial charge in [-0.05, 0) is 55.9 Å². The average molecular weight is 577 g/mol. The van der Waals surface area contributed by atoms with Crippen LogP contribution in [-0.4, -0.2) is 59.6 Å². The maximum Gasteiger partial charge on any atom is 0.337 e. The van der Waals surface area contributed by atoms with Crippen LogP contribution in [0.4, 0.5) is 0 Å². The number of nitrogens with zero attached hydrogens (tertiary/aromatic N) is 6. The van der Waals surface area contributed by atoms with E-state index in [0.717, 1.165) is 0 Å². The summed E-state index contributed by atoms with van der Waals surface area (Å²) in [4.78, 5) is 31.0. The summed E-state index contributed by atoms with van der Waals surface area (Å²) in [5.41, 5.74) is 2.12. The molecule has 0 saturated heterocycles. The summed E-state index contributed by atoms with van der Waals surface area (Å²) in [6, 6.07) is 10.3. The summed E-state index contributed by atoms with van der Waals surface area (Å²) in [7, 11) is 0. The molecule has 0 aliphatic carbocycles. The van der Waals surface area contributed by atoms with E-state index in [2.05, 4.69) is 61.7 Å². The number of rotatable bonds is 8. The first-order chi connectivity index (χ1) is 19.5. The molecule has 42 heavy (non-hydrogen) atoms. The third kappa shape index (κ3) is 9.25. The van der Waals surface area contributed by atoms with Crippen LogP contribution in [-0.2, 0) is 0 Å². The fraction of sp³-hybridized carbons (Fsp3) is 0.419. The molecule has 224 valence electrons. The van der Waals surface area contributed by atoms with Crippen molar-refractivity contribution >= 4 is 11.8 Å². The monoisotopic (exact) mass is 576 g/mol. The number of aromatic nitrogens is 6. The van der Waals surface area contributed by atoms with Crippen molar-refractivity contribution < 1.29 is 24.2 Å². The number of carbonyl (C=O) groups is 2. The molecule has 0 aromatic carbocycles. The van der Waals surface area contributed by atoms with Crippen molar-refractivity contribution in [3.8, 4) is 23.4 Å². The predicted molar refractivity (Wildman–Crippen MR) is 159 cm³/mol. The largest absolute Gasteiger partial charge is 0.478 e. The second-order valence-electron chi connectivity index (χ2n) is 12.4. The van der Waals surface area contributed by atoms with Gasteiger partial charge < -0.3 is 14.6 Å². The lowest BCUT2D eigenvalue weighted by Gasteiger charge is -2.17. The Morgan fingerprint density at radius 3 is 1.45 bits per heavy atom. The summed E-state index contributed by atoms with van der Waals surface area (Å²) < 4.78 is 14.5. The van der Waals surface area contributed by atoms with Gasteiger partial charge in [0.15, 0.2) is 17.4 Å². The van der Waals surface area contributed by atoms with E-state index in [9.17, 15) is 9.59 Å². The minimum atomic E-state index is -0.985. The lowest BCUT2D eigenvalue weighted by Crippen LogP contribution is -2.17. The van der Waals surface area contributed by atoms with Crippen LogP contribution in [0.15, 0.2) is 48.8 Å². The molecular formula is C31H40N6O5. The highest BCUT2D eigenvalue weighted by Crippen LogP contribution is 2.19. The van der Waals surface area contributed by atoms with Crippen molar-refractivity contribution in [2.45, 2.75) is 62.3 Å². The van der Waals surface area contributed by atoms with Gasteiger partial charge in [-0.2, -0.15) is 0 Å². The molecule has 0 radical (unpaired) electrons. The number of aromatic carboxylic acids is 1. The summed E-state index contributed by atoms with van der Waals surface area (Å²) in [5.74, 6) is 1.35. The topological polar surface area (TPSA) is 134 Å². The number of hydrogen-bond donors (Lipinski definition) is 1. The van der Waals surface area contributed by atoms with Gasteiger partial charge in [0.05, 0.1) is 30.2 Å². The minimum Gasteiger partial charge on any atom is -0.478 e. The molecule has 4 aromatic heterocycles. The van der Waals surface area contributed by atoms with Gasteiger partial charge in [0.1, 0.15) is 0 Å². The van der Waals surface area contributed by atoms with E-state index in [1.807, 2.05) is 13.0 Å². The third-order valence-corrected chi connectivity index (χ3v) is 5.66. The zero-order valence-electron chi connectivity index (χ0n) is 25.8. The highest BCUT2D eigenvalue weighted by Gasteiger charge is 2.15. The number of ketones is 1. The van der Waals surface area contributed by atoms with E-state index in [1.54, 1.807) is 52.9 Å². The van der Waals surface area contributed by atoms with Crippen LogP contribution < -0.4 is 9.47 Å². The zero-order chi connectivity index (χ0) is 31.2. The maximum atomic E-state index is 11.4. The van der Waals surface area contributed by atoms with Crippen LogP contribution in [0.25, 0.3) is 11.6 Å². The first-order valence-electron chi connectivity index (χ1n) is 13.6. The molecule has 0 spiro atoms. The summed E-state index contributed by atoms with van der Waals surface area (Å²) in [6.07, 6.45) is 3.54. The number of ether oxygens (including phenoxy) is 2. The Morgan fingerprint density at radius 1 is 0.714 bits per heavy atom. The van der Waals surface area contributed by atoms with Crippen LogP contribution in [0, 0.1) is 24.7 Å². The van der Waals surface area contributed by atoms with E-state index in [4.69, 9.17) is 14.6 Å². The molecule has 4 heterocycles. The molecule has 0 aliphatic heterocycles. The molecule has 0 bridgehead atoms. The SMILES string of the molecule is CC(=O)c1ccc(-n2ccc(OCC(C)(C)C)n2)nc1C.Cc1nc(-n2ccc(OCC(C)(C)C)n2)ccc1C(=O)O. The average Bonchev–Trinajstić information content (AvgIpc) is 3.55. The second kappa shape index (κ2) is 13.0. The smallest absolute Gasteiger partial charge is 0.337 e. The number of hydrogen-bond acceptors (Lipinski definition) is 8. The molecule has 0 amide bonds. The normalized spacial score (nSPS) is 11.5. The fourth-order valence-corrected chi connectivity index (χ4v) is 3.55. The van der Waals surface area contributed by atoms with E-state index in [-0.39, 0.29) is 22.2 Å². The van der Waals surface area contributed by atoms with Crippen molar-refractivity contribution in [2.75, 3.05) is 13.2 Å². The number of Topliss-reactive ketones (excluding diaryl/α,β-unsaturated/α-hetero) is 1. The van der Waals surface area contributed by atoms with Gasteiger partial charge in [-0.15, -0.1) is 10.2 Å². The Kier molecular flexibility index (Phi) is 9.87. The van der Waals surface area contributed by atoms with Gasteiger partial charge in [-0.1, -0.05) is 41.5 Å². The molecule has 0 atom stereocenters.